The first-order valence-electron chi connectivity index (χ1n) is 4.21. The van der Waals surface area contributed by atoms with E-state index in [1.807, 2.05) is 24.3 Å². The van der Waals surface area contributed by atoms with E-state index in [1.165, 1.54) is 0 Å². The smallest absolute Gasteiger partial charge is 0.0777 e. The summed E-state index contributed by atoms with van der Waals surface area (Å²) >= 11 is 0. The molecular formula is C11H10NO. The van der Waals surface area contributed by atoms with Gasteiger partial charge in [0.15, 0.2) is 0 Å². The van der Waals surface area contributed by atoms with Gasteiger partial charge in [0.1, 0.15) is 0 Å². The van der Waals surface area contributed by atoms with Crippen LogP contribution < -0.4 is 0 Å². The molecule has 2 nitrogen and oxygen atoms in total. The molecule has 1 unspecified atom stereocenters. The number of fused-ring (bicyclic) bond motifs is 1. The lowest BCUT2D eigenvalue weighted by Gasteiger charge is -2.04. The third-order valence-corrected chi connectivity index (χ3v) is 2.03. The number of aliphatic hydroxyl groups excluding tert-OH is 1. The average molecular weight is 172 g/mol. The summed E-state index contributed by atoms with van der Waals surface area (Å²) in [5, 5.41) is 10.4. The minimum absolute atomic E-state index is 0.457. The van der Waals surface area contributed by atoms with Crippen molar-refractivity contribution in [1.29, 1.82) is 0 Å². The van der Waals surface area contributed by atoms with Crippen LogP contribution in [0.4, 0.5) is 0 Å². The topological polar surface area (TPSA) is 33.1 Å². The molecule has 1 radical (unpaired) electrons. The predicted molar refractivity (Wildman–Crippen MR) is 51.2 cm³/mol. The normalized spacial score (nSPS) is 13.1. The van der Waals surface area contributed by atoms with Crippen LogP contribution in [0.3, 0.4) is 0 Å². The maximum absolute atomic E-state index is 9.34. The fraction of sp³-hybridized carbons (Fsp3) is 0.182. The van der Waals surface area contributed by atoms with Gasteiger partial charge in [-0.1, -0.05) is 12.1 Å². The minimum atomic E-state index is -0.457. The van der Waals surface area contributed by atoms with Gasteiger partial charge in [0.2, 0.25) is 0 Å². The highest BCUT2D eigenvalue weighted by atomic mass is 16.3. The van der Waals surface area contributed by atoms with Crippen LogP contribution in [0, 0.1) is 6.07 Å². The summed E-state index contributed by atoms with van der Waals surface area (Å²) in [5.74, 6) is 0. The van der Waals surface area contributed by atoms with Crippen LogP contribution in [0.1, 0.15) is 18.6 Å². The predicted octanol–water partition coefficient (Wildman–Crippen LogP) is 2.09. The molecule has 0 saturated carbocycles. The average Bonchev–Trinajstić information content (AvgIpc) is 2.17. The quantitative estimate of drug-likeness (QED) is 0.714. The Morgan fingerprint density at radius 1 is 1.54 bits per heavy atom. The first kappa shape index (κ1) is 8.20. The van der Waals surface area contributed by atoms with E-state index in [9.17, 15) is 5.11 Å². The van der Waals surface area contributed by atoms with Crippen molar-refractivity contribution in [3.05, 3.63) is 42.1 Å². The summed E-state index contributed by atoms with van der Waals surface area (Å²) in [6.45, 7) is 1.73. The van der Waals surface area contributed by atoms with Crippen LogP contribution in [-0.2, 0) is 0 Å². The molecule has 1 atom stereocenters. The lowest BCUT2D eigenvalue weighted by Crippen LogP contribution is -1.92. The highest BCUT2D eigenvalue weighted by Gasteiger charge is 2.01. The van der Waals surface area contributed by atoms with Gasteiger partial charge in [0.05, 0.1) is 11.6 Å². The molecule has 13 heavy (non-hydrogen) atoms. The summed E-state index contributed by atoms with van der Waals surface area (Å²) in [6, 6.07) is 10.5. The zero-order valence-corrected chi connectivity index (χ0v) is 7.36. The van der Waals surface area contributed by atoms with Crippen LogP contribution in [-0.4, -0.2) is 10.1 Å². The Hall–Kier alpha value is -1.41. The van der Waals surface area contributed by atoms with Gasteiger partial charge in [0, 0.05) is 11.6 Å². The molecular weight excluding hydrogens is 162 g/mol. The number of rotatable bonds is 1. The molecule has 2 heteroatoms. The maximum Gasteiger partial charge on any atom is 0.0777 e. The molecule has 1 aromatic heterocycles. The van der Waals surface area contributed by atoms with Gasteiger partial charge in [-0.25, -0.2) is 0 Å². The van der Waals surface area contributed by atoms with Crippen LogP contribution in [0.2, 0.25) is 0 Å². The molecule has 0 amide bonds. The van der Waals surface area contributed by atoms with Crippen molar-refractivity contribution in [2.24, 2.45) is 0 Å². The number of benzene rings is 1. The van der Waals surface area contributed by atoms with Crippen molar-refractivity contribution in [1.82, 2.24) is 4.98 Å². The SMILES string of the molecule is CC(O)c1cnc2c[c]ccc2c1. The zero-order chi connectivity index (χ0) is 9.26. The van der Waals surface area contributed by atoms with E-state index in [2.05, 4.69) is 11.1 Å². The second-order valence-electron chi connectivity index (χ2n) is 3.06. The Balaban J connectivity index is 2.62. The largest absolute Gasteiger partial charge is 0.389 e. The Kier molecular flexibility index (Phi) is 1.99. The maximum atomic E-state index is 9.34. The highest BCUT2D eigenvalue weighted by molar-refractivity contribution is 5.78. The summed E-state index contributed by atoms with van der Waals surface area (Å²) in [6.07, 6.45) is 1.24. The van der Waals surface area contributed by atoms with Crippen molar-refractivity contribution >= 4 is 10.9 Å². The molecule has 0 bridgehead atoms. The molecule has 0 aliphatic rings. The van der Waals surface area contributed by atoms with Crippen molar-refractivity contribution in [2.45, 2.75) is 13.0 Å². The molecule has 65 valence electrons. The lowest BCUT2D eigenvalue weighted by atomic mass is 10.1. The van der Waals surface area contributed by atoms with Gasteiger partial charge in [-0.15, -0.1) is 0 Å². The van der Waals surface area contributed by atoms with Gasteiger partial charge in [0.25, 0.3) is 0 Å². The van der Waals surface area contributed by atoms with Crippen molar-refractivity contribution in [2.75, 3.05) is 0 Å². The summed E-state index contributed by atoms with van der Waals surface area (Å²) < 4.78 is 0. The molecule has 1 N–H and O–H groups in total. The molecule has 1 heterocycles. The van der Waals surface area contributed by atoms with Crippen LogP contribution in [0.15, 0.2) is 30.5 Å². The van der Waals surface area contributed by atoms with Crippen molar-refractivity contribution in [3.63, 3.8) is 0 Å². The van der Waals surface area contributed by atoms with E-state index in [4.69, 9.17) is 0 Å². The highest BCUT2D eigenvalue weighted by Crippen LogP contribution is 2.16. The molecule has 2 rings (SSSR count). The summed E-state index contributed by atoms with van der Waals surface area (Å²) in [4.78, 5) is 4.21. The monoisotopic (exact) mass is 172 g/mol. The number of hydrogen-bond donors (Lipinski definition) is 1. The Morgan fingerprint density at radius 3 is 3.15 bits per heavy atom. The van der Waals surface area contributed by atoms with E-state index in [0.717, 1.165) is 16.5 Å². The first-order chi connectivity index (χ1) is 6.27. The van der Waals surface area contributed by atoms with Gasteiger partial charge in [-0.2, -0.15) is 0 Å². The Morgan fingerprint density at radius 2 is 2.38 bits per heavy atom. The lowest BCUT2D eigenvalue weighted by molar-refractivity contribution is 0.199. The number of aliphatic hydroxyl groups is 1. The second kappa shape index (κ2) is 3.15. The van der Waals surface area contributed by atoms with E-state index in [-0.39, 0.29) is 0 Å². The van der Waals surface area contributed by atoms with Gasteiger partial charge in [-0.3, -0.25) is 4.98 Å². The molecule has 0 saturated heterocycles. The standard InChI is InChI=1S/C11H10NO/c1-8(13)10-6-9-4-2-3-5-11(9)12-7-10/h2,4-8,13H,1H3. The van der Waals surface area contributed by atoms with Gasteiger partial charge < -0.3 is 5.11 Å². The van der Waals surface area contributed by atoms with E-state index in [1.54, 1.807) is 13.1 Å². The molecule has 0 spiro atoms. The van der Waals surface area contributed by atoms with E-state index >= 15 is 0 Å². The molecule has 0 fully saturated rings. The molecule has 1 aromatic carbocycles. The summed E-state index contributed by atoms with van der Waals surface area (Å²) in [7, 11) is 0. The molecule has 2 aromatic rings. The number of nitrogens with zero attached hydrogens (tertiary/aromatic N) is 1. The number of hydrogen-bond acceptors (Lipinski definition) is 2. The Bertz CT molecular complexity index is 423. The van der Waals surface area contributed by atoms with Crippen LogP contribution in [0.5, 0.6) is 0 Å². The zero-order valence-electron chi connectivity index (χ0n) is 7.36. The van der Waals surface area contributed by atoms with Gasteiger partial charge >= 0.3 is 0 Å². The molecule has 0 aliphatic carbocycles. The molecule has 0 aliphatic heterocycles. The third kappa shape index (κ3) is 1.53. The van der Waals surface area contributed by atoms with Crippen molar-refractivity contribution in [3.8, 4) is 0 Å². The number of pyridine rings is 1. The van der Waals surface area contributed by atoms with E-state index in [0.29, 0.717) is 0 Å². The minimum Gasteiger partial charge on any atom is -0.389 e. The van der Waals surface area contributed by atoms with Crippen LogP contribution >= 0.6 is 0 Å². The van der Waals surface area contributed by atoms with E-state index < -0.39 is 6.10 Å². The third-order valence-electron chi connectivity index (χ3n) is 2.03. The van der Waals surface area contributed by atoms with Crippen molar-refractivity contribution < 1.29 is 5.11 Å². The fourth-order valence-electron chi connectivity index (χ4n) is 1.26. The number of aromatic nitrogens is 1. The summed E-state index contributed by atoms with van der Waals surface area (Å²) in [5.41, 5.74) is 1.76. The fourth-order valence-corrected chi connectivity index (χ4v) is 1.26. The Labute approximate surface area is 76.9 Å². The van der Waals surface area contributed by atoms with Crippen LogP contribution in [0.25, 0.3) is 10.9 Å². The first-order valence-corrected chi connectivity index (χ1v) is 4.21. The second-order valence-corrected chi connectivity index (χ2v) is 3.06. The van der Waals surface area contributed by atoms with Gasteiger partial charge in [-0.05, 0) is 30.7 Å².